The molecule has 1 aliphatic rings. The third-order valence-electron chi connectivity index (χ3n) is 2.57. The van der Waals surface area contributed by atoms with Crippen molar-refractivity contribution in [1.29, 1.82) is 0 Å². The molecule has 80 valence electrons. The van der Waals surface area contributed by atoms with Crippen LogP contribution in [0, 0.1) is 0 Å². The topological polar surface area (TPSA) is 72.1 Å². The monoisotopic (exact) mass is 206 g/mol. The highest BCUT2D eigenvalue weighted by molar-refractivity contribution is 5.96. The second-order valence-electron chi connectivity index (χ2n) is 3.64. The maximum atomic E-state index is 12.0. The largest absolute Gasteiger partial charge is 0.382 e. The highest BCUT2D eigenvalue weighted by Gasteiger charge is 2.21. The van der Waals surface area contributed by atoms with Crippen molar-refractivity contribution in [2.24, 2.45) is 0 Å². The lowest BCUT2D eigenvalue weighted by Crippen LogP contribution is -2.36. The standard InChI is InChI=1S/C10H14N4O/c11-9-8(12-4-5-13-9)10(15)14-6-2-1-3-7-14/h4-5H,1-3,6-7H2,(H2,11,13). The van der Waals surface area contributed by atoms with Gasteiger partial charge in [0.15, 0.2) is 11.5 Å². The predicted molar refractivity (Wildman–Crippen MR) is 56.2 cm³/mol. The van der Waals surface area contributed by atoms with Gasteiger partial charge in [-0.15, -0.1) is 0 Å². The molecule has 0 bridgehead atoms. The highest BCUT2D eigenvalue weighted by atomic mass is 16.2. The Kier molecular flexibility index (Phi) is 2.80. The summed E-state index contributed by atoms with van der Waals surface area (Å²) in [5.41, 5.74) is 5.88. The summed E-state index contributed by atoms with van der Waals surface area (Å²) in [6.07, 6.45) is 6.30. The first-order valence-corrected chi connectivity index (χ1v) is 5.15. The van der Waals surface area contributed by atoms with Crippen LogP contribution in [-0.2, 0) is 0 Å². The van der Waals surface area contributed by atoms with E-state index in [0.717, 1.165) is 25.9 Å². The summed E-state index contributed by atoms with van der Waals surface area (Å²) in [5, 5.41) is 0. The fourth-order valence-corrected chi connectivity index (χ4v) is 1.76. The van der Waals surface area contributed by atoms with Crippen LogP contribution in [0.5, 0.6) is 0 Å². The molecule has 0 saturated carbocycles. The van der Waals surface area contributed by atoms with Crippen molar-refractivity contribution in [2.45, 2.75) is 19.3 Å². The number of nitrogens with zero attached hydrogens (tertiary/aromatic N) is 3. The Morgan fingerprint density at radius 1 is 1.20 bits per heavy atom. The summed E-state index contributed by atoms with van der Waals surface area (Å²) in [6, 6.07) is 0. The van der Waals surface area contributed by atoms with E-state index in [1.165, 1.54) is 18.8 Å². The summed E-state index contributed by atoms with van der Waals surface area (Å²) >= 11 is 0. The lowest BCUT2D eigenvalue weighted by molar-refractivity contribution is 0.0719. The third-order valence-corrected chi connectivity index (χ3v) is 2.57. The number of aromatic nitrogens is 2. The van der Waals surface area contributed by atoms with Gasteiger partial charge in [-0.3, -0.25) is 4.79 Å². The maximum Gasteiger partial charge on any atom is 0.276 e. The lowest BCUT2D eigenvalue weighted by atomic mass is 10.1. The van der Waals surface area contributed by atoms with Crippen molar-refractivity contribution in [3.63, 3.8) is 0 Å². The first kappa shape index (κ1) is 9.89. The maximum absolute atomic E-state index is 12.0. The van der Waals surface area contributed by atoms with Crippen LogP contribution in [0.3, 0.4) is 0 Å². The Morgan fingerprint density at radius 3 is 2.53 bits per heavy atom. The lowest BCUT2D eigenvalue weighted by Gasteiger charge is -2.26. The van der Waals surface area contributed by atoms with Crippen molar-refractivity contribution in [3.05, 3.63) is 18.1 Å². The number of nitrogen functional groups attached to an aromatic ring is 1. The average molecular weight is 206 g/mol. The summed E-state index contributed by atoms with van der Waals surface area (Å²) in [7, 11) is 0. The molecular formula is C10H14N4O. The molecule has 2 rings (SSSR count). The van der Waals surface area contributed by atoms with E-state index in [-0.39, 0.29) is 17.4 Å². The molecule has 2 heterocycles. The van der Waals surface area contributed by atoms with E-state index in [0.29, 0.717) is 0 Å². The van der Waals surface area contributed by atoms with Crippen molar-refractivity contribution in [2.75, 3.05) is 18.8 Å². The Hall–Kier alpha value is -1.65. The number of likely N-dealkylation sites (tertiary alicyclic amines) is 1. The van der Waals surface area contributed by atoms with Gasteiger partial charge in [-0.2, -0.15) is 0 Å². The molecule has 0 unspecified atom stereocenters. The number of anilines is 1. The molecule has 5 nitrogen and oxygen atoms in total. The molecule has 0 atom stereocenters. The van der Waals surface area contributed by atoms with E-state index in [4.69, 9.17) is 5.73 Å². The van der Waals surface area contributed by atoms with E-state index < -0.39 is 0 Å². The fraction of sp³-hybridized carbons (Fsp3) is 0.500. The second kappa shape index (κ2) is 4.25. The van der Waals surface area contributed by atoms with Gasteiger partial charge in [0.2, 0.25) is 0 Å². The van der Waals surface area contributed by atoms with E-state index in [9.17, 15) is 4.79 Å². The van der Waals surface area contributed by atoms with Crippen LogP contribution in [0.1, 0.15) is 29.8 Å². The molecule has 15 heavy (non-hydrogen) atoms. The summed E-state index contributed by atoms with van der Waals surface area (Å²) in [6.45, 7) is 1.60. The molecule has 0 radical (unpaired) electrons. The molecule has 2 N–H and O–H groups in total. The van der Waals surface area contributed by atoms with Crippen molar-refractivity contribution >= 4 is 11.7 Å². The van der Waals surface area contributed by atoms with Crippen LogP contribution >= 0.6 is 0 Å². The van der Waals surface area contributed by atoms with Crippen molar-refractivity contribution in [1.82, 2.24) is 14.9 Å². The minimum atomic E-state index is -0.0969. The summed E-state index contributed by atoms with van der Waals surface area (Å²) in [4.78, 5) is 21.6. The zero-order valence-electron chi connectivity index (χ0n) is 8.52. The molecule has 1 aliphatic heterocycles. The predicted octanol–water partition coefficient (Wildman–Crippen LogP) is 0.685. The molecule has 1 aromatic rings. The number of hydrogen-bond donors (Lipinski definition) is 1. The molecule has 0 aromatic carbocycles. The van der Waals surface area contributed by atoms with Gasteiger partial charge >= 0.3 is 0 Å². The molecule has 1 fully saturated rings. The number of amides is 1. The zero-order valence-corrected chi connectivity index (χ0v) is 8.52. The second-order valence-corrected chi connectivity index (χ2v) is 3.64. The first-order valence-electron chi connectivity index (χ1n) is 5.15. The number of nitrogens with two attached hydrogens (primary N) is 1. The molecule has 0 spiro atoms. The van der Waals surface area contributed by atoms with Gasteiger partial charge < -0.3 is 10.6 Å². The number of rotatable bonds is 1. The quantitative estimate of drug-likeness (QED) is 0.733. The Bertz CT molecular complexity index is 360. The van der Waals surface area contributed by atoms with Crippen molar-refractivity contribution < 1.29 is 4.79 Å². The van der Waals surface area contributed by atoms with Gasteiger partial charge in [0.1, 0.15) is 0 Å². The Balaban J connectivity index is 2.16. The number of hydrogen-bond acceptors (Lipinski definition) is 4. The minimum absolute atomic E-state index is 0.0969. The zero-order chi connectivity index (χ0) is 10.7. The molecule has 5 heteroatoms. The summed E-state index contributed by atoms with van der Waals surface area (Å²) in [5.74, 6) is 0.119. The van der Waals surface area contributed by atoms with E-state index >= 15 is 0 Å². The molecule has 1 aromatic heterocycles. The van der Waals surface area contributed by atoms with Crippen LogP contribution in [0.2, 0.25) is 0 Å². The summed E-state index contributed by atoms with van der Waals surface area (Å²) < 4.78 is 0. The van der Waals surface area contributed by atoms with E-state index in [1.807, 2.05) is 0 Å². The Morgan fingerprint density at radius 2 is 1.87 bits per heavy atom. The van der Waals surface area contributed by atoms with Gasteiger partial charge in [0.05, 0.1) is 0 Å². The van der Waals surface area contributed by atoms with Gasteiger partial charge in [0.25, 0.3) is 5.91 Å². The van der Waals surface area contributed by atoms with Crippen LogP contribution in [-0.4, -0.2) is 33.9 Å². The fourth-order valence-electron chi connectivity index (χ4n) is 1.76. The van der Waals surface area contributed by atoms with Crippen LogP contribution in [0.25, 0.3) is 0 Å². The average Bonchev–Trinajstić information content (AvgIpc) is 2.30. The molecule has 0 aliphatic carbocycles. The molecule has 1 amide bonds. The van der Waals surface area contributed by atoms with Crippen molar-refractivity contribution in [3.8, 4) is 0 Å². The first-order chi connectivity index (χ1) is 7.29. The van der Waals surface area contributed by atoms with Crippen LogP contribution in [0.4, 0.5) is 5.82 Å². The normalized spacial score (nSPS) is 16.4. The Labute approximate surface area is 88.3 Å². The van der Waals surface area contributed by atoms with Gasteiger partial charge in [-0.05, 0) is 19.3 Å². The van der Waals surface area contributed by atoms with Gasteiger partial charge in [0, 0.05) is 25.5 Å². The number of piperidine rings is 1. The van der Waals surface area contributed by atoms with E-state index in [1.54, 1.807) is 4.90 Å². The van der Waals surface area contributed by atoms with Gasteiger partial charge in [-0.25, -0.2) is 9.97 Å². The number of carbonyl (C=O) groups is 1. The van der Waals surface area contributed by atoms with Gasteiger partial charge in [-0.1, -0.05) is 0 Å². The number of carbonyl (C=O) groups excluding carboxylic acids is 1. The molecule has 1 saturated heterocycles. The molecular weight excluding hydrogens is 192 g/mol. The van der Waals surface area contributed by atoms with Crippen LogP contribution in [0.15, 0.2) is 12.4 Å². The SMILES string of the molecule is Nc1nccnc1C(=O)N1CCCCC1. The smallest absolute Gasteiger partial charge is 0.276 e. The third kappa shape index (κ3) is 2.06. The highest BCUT2D eigenvalue weighted by Crippen LogP contribution is 2.13. The van der Waals surface area contributed by atoms with Crippen LogP contribution < -0.4 is 5.73 Å². The minimum Gasteiger partial charge on any atom is -0.382 e. The van der Waals surface area contributed by atoms with E-state index in [2.05, 4.69) is 9.97 Å².